The van der Waals surface area contributed by atoms with Gasteiger partial charge in [0.15, 0.2) is 0 Å². The van der Waals surface area contributed by atoms with Gasteiger partial charge >= 0.3 is 6.03 Å². The van der Waals surface area contributed by atoms with Crippen LogP contribution in [0.4, 0.5) is 21.9 Å². The Bertz CT molecular complexity index is 1390. The van der Waals surface area contributed by atoms with E-state index in [2.05, 4.69) is 20.9 Å². The van der Waals surface area contributed by atoms with Gasteiger partial charge in [-0.2, -0.15) is 0 Å². The van der Waals surface area contributed by atoms with Crippen molar-refractivity contribution in [1.29, 1.82) is 0 Å². The normalized spacial score (nSPS) is 10.7. The van der Waals surface area contributed by atoms with Gasteiger partial charge < -0.3 is 16.0 Å². The van der Waals surface area contributed by atoms with Crippen molar-refractivity contribution in [3.8, 4) is 0 Å². The molecule has 6 nitrogen and oxygen atoms in total. The van der Waals surface area contributed by atoms with E-state index < -0.39 is 6.03 Å². The van der Waals surface area contributed by atoms with Gasteiger partial charge in [-0.25, -0.2) is 4.79 Å². The van der Waals surface area contributed by atoms with Crippen LogP contribution in [0, 0.1) is 6.92 Å². The summed E-state index contributed by atoms with van der Waals surface area (Å²) >= 11 is 18.1. The zero-order chi connectivity index (χ0) is 23.5. The van der Waals surface area contributed by atoms with Crippen molar-refractivity contribution in [3.05, 3.63) is 93.1 Å². The highest BCUT2D eigenvalue weighted by Crippen LogP contribution is 2.28. The summed E-state index contributed by atoms with van der Waals surface area (Å²) in [5.74, 6) is -0.344. The van der Waals surface area contributed by atoms with Gasteiger partial charge in [-0.3, -0.25) is 9.78 Å². The second-order valence-corrected chi connectivity index (χ2v) is 8.41. The minimum absolute atomic E-state index is 0.334. The molecule has 0 aliphatic rings. The number of rotatable bonds is 4. The average Bonchev–Trinajstić information content (AvgIpc) is 2.77. The fourth-order valence-electron chi connectivity index (χ4n) is 3.24. The number of anilines is 3. The van der Waals surface area contributed by atoms with Gasteiger partial charge in [0, 0.05) is 22.5 Å². The van der Waals surface area contributed by atoms with Crippen molar-refractivity contribution in [3.63, 3.8) is 0 Å². The first kappa shape index (κ1) is 22.9. The number of amides is 3. The maximum Gasteiger partial charge on any atom is 0.323 e. The van der Waals surface area contributed by atoms with Crippen LogP contribution in [0.5, 0.6) is 0 Å². The van der Waals surface area contributed by atoms with Gasteiger partial charge in [0.05, 0.1) is 31.8 Å². The van der Waals surface area contributed by atoms with Crippen LogP contribution in [0.3, 0.4) is 0 Å². The number of nitrogens with zero attached hydrogens (tertiary/aromatic N) is 1. The van der Waals surface area contributed by atoms with E-state index in [9.17, 15) is 9.59 Å². The van der Waals surface area contributed by atoms with E-state index in [-0.39, 0.29) is 5.91 Å². The second-order valence-electron chi connectivity index (χ2n) is 7.19. The Kier molecular flexibility index (Phi) is 6.70. The summed E-state index contributed by atoms with van der Waals surface area (Å²) < 4.78 is 0. The summed E-state index contributed by atoms with van der Waals surface area (Å²) in [6, 6.07) is 18.1. The van der Waals surface area contributed by atoms with Crippen molar-refractivity contribution in [1.82, 2.24) is 4.98 Å². The number of aromatic nitrogens is 1. The molecule has 4 aromatic rings. The summed E-state index contributed by atoms with van der Waals surface area (Å²) in [6.07, 6.45) is 0. The third kappa shape index (κ3) is 5.37. The monoisotopic (exact) mass is 498 g/mol. The summed E-state index contributed by atoms with van der Waals surface area (Å²) in [7, 11) is 0. The number of benzene rings is 3. The highest BCUT2D eigenvalue weighted by atomic mass is 35.5. The SMILES string of the molecule is Cc1cc(NC(=O)c2ccccc2Cl)c2cc(NC(=O)Nc3ccc(Cl)c(Cl)c3)ccc2n1. The number of hydrogen-bond acceptors (Lipinski definition) is 3. The highest BCUT2D eigenvalue weighted by Gasteiger charge is 2.14. The lowest BCUT2D eigenvalue weighted by Gasteiger charge is -2.13. The number of urea groups is 1. The standard InChI is InChI=1S/C24H17Cl3N4O2/c1-13-10-22(31-23(32)16-4-2-3-5-18(16)25)17-11-14(7-9-21(17)28-13)29-24(33)30-15-6-8-19(26)20(27)12-15/h2-12H,1H3,(H,28,31,32)(H2,29,30,33). The van der Waals surface area contributed by atoms with Crippen LogP contribution in [0.2, 0.25) is 15.1 Å². The number of carbonyl (C=O) groups is 2. The number of hydrogen-bond donors (Lipinski definition) is 3. The molecule has 0 atom stereocenters. The predicted octanol–water partition coefficient (Wildman–Crippen LogP) is 7.40. The molecule has 33 heavy (non-hydrogen) atoms. The molecule has 0 radical (unpaired) electrons. The summed E-state index contributed by atoms with van der Waals surface area (Å²) in [5.41, 5.74) is 3.31. The fourth-order valence-corrected chi connectivity index (χ4v) is 3.76. The molecular formula is C24H17Cl3N4O2. The molecule has 0 bridgehead atoms. The quantitative estimate of drug-likeness (QED) is 0.273. The maximum absolute atomic E-state index is 12.8. The molecule has 0 saturated carbocycles. The molecule has 0 aliphatic carbocycles. The number of aryl methyl sites for hydroxylation is 1. The summed E-state index contributed by atoms with van der Waals surface area (Å²) in [6.45, 7) is 1.83. The van der Waals surface area contributed by atoms with E-state index in [1.807, 2.05) is 6.92 Å². The Morgan fingerprint density at radius 2 is 1.45 bits per heavy atom. The first-order valence-corrected chi connectivity index (χ1v) is 10.9. The van der Waals surface area contributed by atoms with E-state index in [4.69, 9.17) is 34.8 Å². The Morgan fingerprint density at radius 3 is 2.18 bits per heavy atom. The van der Waals surface area contributed by atoms with E-state index in [1.165, 1.54) is 0 Å². The molecule has 0 aliphatic heterocycles. The van der Waals surface area contributed by atoms with Crippen molar-refractivity contribution in [2.75, 3.05) is 16.0 Å². The van der Waals surface area contributed by atoms with Gasteiger partial charge in [-0.1, -0.05) is 46.9 Å². The minimum Gasteiger partial charge on any atom is -0.321 e. The lowest BCUT2D eigenvalue weighted by Crippen LogP contribution is -2.19. The first-order chi connectivity index (χ1) is 15.8. The molecule has 3 N–H and O–H groups in total. The van der Waals surface area contributed by atoms with Crippen molar-refractivity contribution in [2.45, 2.75) is 6.92 Å². The van der Waals surface area contributed by atoms with E-state index >= 15 is 0 Å². The summed E-state index contributed by atoms with van der Waals surface area (Å²) in [5, 5.41) is 10.1. The smallest absolute Gasteiger partial charge is 0.321 e. The molecule has 9 heteroatoms. The van der Waals surface area contributed by atoms with Crippen LogP contribution < -0.4 is 16.0 Å². The Labute approximate surface area is 204 Å². The molecule has 0 fully saturated rings. The highest BCUT2D eigenvalue weighted by molar-refractivity contribution is 6.42. The second kappa shape index (κ2) is 9.67. The molecule has 3 aromatic carbocycles. The van der Waals surface area contributed by atoms with Gasteiger partial charge in [0.25, 0.3) is 5.91 Å². The van der Waals surface area contributed by atoms with Crippen LogP contribution in [-0.4, -0.2) is 16.9 Å². The van der Waals surface area contributed by atoms with Gasteiger partial charge in [0.2, 0.25) is 0 Å². The Morgan fingerprint density at radius 1 is 0.758 bits per heavy atom. The van der Waals surface area contributed by atoms with E-state index in [0.717, 1.165) is 5.69 Å². The number of pyridine rings is 1. The van der Waals surface area contributed by atoms with Crippen molar-refractivity contribution >= 4 is 74.7 Å². The van der Waals surface area contributed by atoms with Gasteiger partial charge in [-0.15, -0.1) is 0 Å². The largest absolute Gasteiger partial charge is 0.323 e. The molecule has 4 rings (SSSR count). The molecule has 0 unspecified atom stereocenters. The van der Waals surface area contributed by atoms with Crippen LogP contribution >= 0.6 is 34.8 Å². The van der Waals surface area contributed by atoms with Crippen LogP contribution in [0.15, 0.2) is 66.7 Å². The maximum atomic E-state index is 12.8. The van der Waals surface area contributed by atoms with E-state index in [0.29, 0.717) is 48.6 Å². The fraction of sp³-hybridized carbons (Fsp3) is 0.0417. The van der Waals surface area contributed by atoms with Crippen LogP contribution in [-0.2, 0) is 0 Å². The molecule has 3 amide bonds. The third-order valence-electron chi connectivity index (χ3n) is 4.74. The number of halogens is 3. The predicted molar refractivity (Wildman–Crippen MR) is 135 cm³/mol. The summed E-state index contributed by atoms with van der Waals surface area (Å²) in [4.78, 5) is 29.8. The van der Waals surface area contributed by atoms with Crippen molar-refractivity contribution < 1.29 is 9.59 Å². The zero-order valence-electron chi connectivity index (χ0n) is 17.2. The van der Waals surface area contributed by atoms with E-state index in [1.54, 1.807) is 66.7 Å². The number of nitrogens with one attached hydrogen (secondary N) is 3. The number of carbonyl (C=O) groups excluding carboxylic acids is 2. The van der Waals surface area contributed by atoms with Crippen LogP contribution in [0.1, 0.15) is 16.1 Å². The minimum atomic E-state index is -0.463. The zero-order valence-corrected chi connectivity index (χ0v) is 19.5. The first-order valence-electron chi connectivity index (χ1n) is 9.80. The molecule has 0 saturated heterocycles. The molecule has 166 valence electrons. The number of fused-ring (bicyclic) bond motifs is 1. The average molecular weight is 500 g/mol. The molecule has 1 aromatic heterocycles. The molecule has 1 heterocycles. The van der Waals surface area contributed by atoms with Crippen molar-refractivity contribution in [2.24, 2.45) is 0 Å². The Balaban J connectivity index is 1.59. The third-order valence-corrected chi connectivity index (χ3v) is 5.81. The molecule has 0 spiro atoms. The topological polar surface area (TPSA) is 83.1 Å². The van der Waals surface area contributed by atoms with Gasteiger partial charge in [-0.05, 0) is 61.5 Å². The molecular weight excluding hydrogens is 483 g/mol. The lowest BCUT2D eigenvalue weighted by atomic mass is 10.1. The Hall–Kier alpha value is -3.32. The van der Waals surface area contributed by atoms with Gasteiger partial charge in [0.1, 0.15) is 0 Å². The van der Waals surface area contributed by atoms with Crippen LogP contribution in [0.25, 0.3) is 10.9 Å². The lowest BCUT2D eigenvalue weighted by molar-refractivity contribution is 0.102.